The van der Waals surface area contributed by atoms with Crippen molar-refractivity contribution in [2.75, 3.05) is 7.05 Å². The van der Waals surface area contributed by atoms with Crippen LogP contribution in [0.4, 0.5) is 0 Å². The Morgan fingerprint density at radius 1 is 1.17 bits per heavy atom. The molecular weight excluding hydrogens is 230 g/mol. The van der Waals surface area contributed by atoms with Crippen LogP contribution in [0.1, 0.15) is 32.4 Å². The summed E-state index contributed by atoms with van der Waals surface area (Å²) in [6.07, 6.45) is 0. The van der Waals surface area contributed by atoms with Crippen LogP contribution < -0.4 is 0 Å². The molecule has 98 valence electrons. The third-order valence-corrected chi connectivity index (χ3v) is 2.70. The number of hydrogen-bond donors (Lipinski definition) is 1. The Kier molecular flexibility index (Phi) is 4.11. The summed E-state index contributed by atoms with van der Waals surface area (Å²) in [6, 6.07) is 7.82. The van der Waals surface area contributed by atoms with Crippen LogP contribution in [0.15, 0.2) is 30.3 Å². The van der Waals surface area contributed by atoms with E-state index in [-0.39, 0.29) is 5.91 Å². The summed E-state index contributed by atoms with van der Waals surface area (Å²) in [5, 5.41) is 9.32. The third-order valence-electron chi connectivity index (χ3n) is 2.70. The summed E-state index contributed by atoms with van der Waals surface area (Å²) in [5.41, 5.74) is 0.00197. The lowest BCUT2D eigenvalue weighted by Crippen LogP contribution is -2.42. The highest BCUT2D eigenvalue weighted by Crippen LogP contribution is 2.25. The molecule has 0 heterocycles. The lowest BCUT2D eigenvalue weighted by molar-refractivity contribution is -0.152. The Hall–Kier alpha value is -1.84. The summed E-state index contributed by atoms with van der Waals surface area (Å²) in [5.74, 6) is -1.22. The van der Waals surface area contributed by atoms with Crippen molar-refractivity contribution < 1.29 is 14.7 Å². The summed E-state index contributed by atoms with van der Waals surface area (Å²) in [6.45, 7) is 5.32. The molecule has 18 heavy (non-hydrogen) atoms. The molecule has 1 amide bonds. The molecule has 0 aromatic heterocycles. The molecule has 4 nitrogen and oxygen atoms in total. The average Bonchev–Trinajstić information content (AvgIpc) is 2.27. The van der Waals surface area contributed by atoms with Gasteiger partial charge in [0.05, 0.1) is 0 Å². The first-order valence-electron chi connectivity index (χ1n) is 5.80. The van der Waals surface area contributed by atoms with Gasteiger partial charge in [-0.05, 0) is 5.56 Å². The van der Waals surface area contributed by atoms with E-state index in [4.69, 9.17) is 0 Å². The van der Waals surface area contributed by atoms with Gasteiger partial charge >= 0.3 is 5.97 Å². The fourth-order valence-corrected chi connectivity index (χ4v) is 1.81. The molecule has 1 rings (SSSR count). The van der Waals surface area contributed by atoms with Crippen molar-refractivity contribution in [2.45, 2.75) is 26.8 Å². The van der Waals surface area contributed by atoms with E-state index in [0.717, 1.165) is 0 Å². The van der Waals surface area contributed by atoms with Crippen LogP contribution >= 0.6 is 0 Å². The molecule has 0 aliphatic heterocycles. The number of carboxylic acid groups (broad SMARTS) is 1. The smallest absolute Gasteiger partial charge is 0.331 e. The second-order valence-corrected chi connectivity index (χ2v) is 5.32. The number of aliphatic carboxylic acids is 1. The molecule has 1 aromatic rings. The summed E-state index contributed by atoms with van der Waals surface area (Å²) in [7, 11) is 1.53. The van der Waals surface area contributed by atoms with Crippen molar-refractivity contribution in [1.29, 1.82) is 0 Å². The molecule has 0 aliphatic carbocycles. The van der Waals surface area contributed by atoms with Crippen LogP contribution in [-0.2, 0) is 9.59 Å². The largest absolute Gasteiger partial charge is 0.479 e. The van der Waals surface area contributed by atoms with Gasteiger partial charge in [0.25, 0.3) is 0 Å². The maximum Gasteiger partial charge on any atom is 0.331 e. The first kappa shape index (κ1) is 14.2. The minimum Gasteiger partial charge on any atom is -0.479 e. The van der Waals surface area contributed by atoms with Crippen molar-refractivity contribution in [2.24, 2.45) is 5.41 Å². The molecule has 1 aromatic carbocycles. The molecular formula is C14H19NO3. The predicted molar refractivity (Wildman–Crippen MR) is 69.0 cm³/mol. The van der Waals surface area contributed by atoms with E-state index in [1.165, 1.54) is 11.9 Å². The zero-order valence-corrected chi connectivity index (χ0v) is 11.2. The molecule has 0 aliphatic rings. The minimum atomic E-state index is -1.03. The summed E-state index contributed by atoms with van der Waals surface area (Å²) < 4.78 is 0. The Morgan fingerprint density at radius 3 is 2.06 bits per heavy atom. The van der Waals surface area contributed by atoms with Crippen LogP contribution in [-0.4, -0.2) is 28.9 Å². The van der Waals surface area contributed by atoms with Gasteiger partial charge in [-0.2, -0.15) is 0 Å². The summed E-state index contributed by atoms with van der Waals surface area (Å²) >= 11 is 0. The quantitative estimate of drug-likeness (QED) is 0.894. The average molecular weight is 249 g/mol. The fraction of sp³-hybridized carbons (Fsp3) is 0.429. The van der Waals surface area contributed by atoms with Gasteiger partial charge in [-0.15, -0.1) is 0 Å². The third kappa shape index (κ3) is 3.09. The zero-order chi connectivity index (χ0) is 13.9. The molecule has 0 saturated carbocycles. The van der Waals surface area contributed by atoms with Gasteiger partial charge in [0, 0.05) is 12.5 Å². The molecule has 0 bridgehead atoms. The van der Waals surface area contributed by atoms with Gasteiger partial charge in [-0.1, -0.05) is 51.1 Å². The molecule has 0 spiro atoms. The number of amides is 1. The molecule has 1 N–H and O–H groups in total. The normalized spacial score (nSPS) is 12.9. The van der Waals surface area contributed by atoms with E-state index in [1.807, 2.05) is 6.07 Å². The van der Waals surface area contributed by atoms with Crippen molar-refractivity contribution in [3.8, 4) is 0 Å². The number of hydrogen-bond acceptors (Lipinski definition) is 2. The van der Waals surface area contributed by atoms with Crippen molar-refractivity contribution in [3.63, 3.8) is 0 Å². The molecule has 4 heteroatoms. The molecule has 1 atom stereocenters. The standard InChI is InChI=1S/C14H19NO3/c1-14(2,3)13(18)15(4)11(12(16)17)10-8-6-5-7-9-10/h5-9,11H,1-4H3,(H,16,17). The van der Waals surface area contributed by atoms with Gasteiger partial charge < -0.3 is 10.0 Å². The highest BCUT2D eigenvalue weighted by atomic mass is 16.4. The number of benzene rings is 1. The number of carboxylic acids is 1. The lowest BCUT2D eigenvalue weighted by Gasteiger charge is -2.30. The first-order valence-corrected chi connectivity index (χ1v) is 5.80. The minimum absolute atomic E-state index is 0.196. The molecule has 0 fully saturated rings. The van der Waals surface area contributed by atoms with Crippen molar-refractivity contribution in [3.05, 3.63) is 35.9 Å². The number of carbonyl (C=O) groups is 2. The van der Waals surface area contributed by atoms with E-state index >= 15 is 0 Å². The molecule has 0 saturated heterocycles. The van der Waals surface area contributed by atoms with E-state index < -0.39 is 17.4 Å². The fourth-order valence-electron chi connectivity index (χ4n) is 1.81. The van der Waals surface area contributed by atoms with Crippen LogP contribution in [0, 0.1) is 5.41 Å². The van der Waals surface area contributed by atoms with Crippen LogP contribution in [0.3, 0.4) is 0 Å². The van der Waals surface area contributed by atoms with Gasteiger partial charge in [-0.25, -0.2) is 4.79 Å². The Bertz CT molecular complexity index is 434. The topological polar surface area (TPSA) is 57.6 Å². The number of nitrogens with zero attached hydrogens (tertiary/aromatic N) is 1. The number of likely N-dealkylation sites (N-methyl/N-ethyl adjacent to an activating group) is 1. The monoisotopic (exact) mass is 249 g/mol. The van der Waals surface area contributed by atoms with Crippen LogP contribution in [0.25, 0.3) is 0 Å². The number of carbonyl (C=O) groups excluding carboxylic acids is 1. The van der Waals surface area contributed by atoms with E-state index in [2.05, 4.69) is 0 Å². The predicted octanol–water partition coefficient (Wildman–Crippen LogP) is 2.32. The van der Waals surface area contributed by atoms with E-state index in [0.29, 0.717) is 5.56 Å². The van der Waals surface area contributed by atoms with Gasteiger partial charge in [-0.3, -0.25) is 4.79 Å². The van der Waals surface area contributed by atoms with E-state index in [9.17, 15) is 14.7 Å². The second kappa shape index (κ2) is 5.21. The Morgan fingerprint density at radius 2 is 1.67 bits per heavy atom. The van der Waals surface area contributed by atoms with Gasteiger partial charge in [0.15, 0.2) is 6.04 Å². The highest BCUT2D eigenvalue weighted by Gasteiger charge is 2.33. The maximum absolute atomic E-state index is 12.1. The van der Waals surface area contributed by atoms with Gasteiger partial charge in [0.1, 0.15) is 0 Å². The zero-order valence-electron chi connectivity index (χ0n) is 11.2. The second-order valence-electron chi connectivity index (χ2n) is 5.32. The highest BCUT2D eigenvalue weighted by molar-refractivity contribution is 5.87. The van der Waals surface area contributed by atoms with E-state index in [1.54, 1.807) is 45.0 Å². The molecule has 1 unspecified atom stereocenters. The first-order chi connectivity index (χ1) is 8.25. The Labute approximate surface area is 107 Å². The van der Waals surface area contributed by atoms with Crippen LogP contribution in [0.2, 0.25) is 0 Å². The summed E-state index contributed by atoms with van der Waals surface area (Å²) in [4.78, 5) is 24.8. The Balaban J connectivity index is 3.08. The van der Waals surface area contributed by atoms with Crippen molar-refractivity contribution in [1.82, 2.24) is 4.90 Å². The van der Waals surface area contributed by atoms with Crippen molar-refractivity contribution >= 4 is 11.9 Å². The lowest BCUT2D eigenvalue weighted by atomic mass is 9.93. The molecule has 0 radical (unpaired) electrons. The van der Waals surface area contributed by atoms with Crippen LogP contribution in [0.5, 0.6) is 0 Å². The number of rotatable bonds is 3. The van der Waals surface area contributed by atoms with Gasteiger partial charge in [0.2, 0.25) is 5.91 Å². The SMILES string of the molecule is CN(C(=O)C(C)(C)C)C(C(=O)O)c1ccccc1. The maximum atomic E-state index is 12.1.